The van der Waals surface area contributed by atoms with Crippen molar-refractivity contribution in [3.63, 3.8) is 0 Å². The summed E-state index contributed by atoms with van der Waals surface area (Å²) in [5.74, 6) is 0.945. The lowest BCUT2D eigenvalue weighted by Gasteiger charge is -2.21. The van der Waals surface area contributed by atoms with Crippen LogP contribution in [0.4, 0.5) is 5.69 Å². The highest BCUT2D eigenvalue weighted by molar-refractivity contribution is 7.96. The molecule has 0 fully saturated rings. The molecule has 0 aromatic heterocycles. The van der Waals surface area contributed by atoms with E-state index < -0.39 is 5.91 Å². The normalized spacial score (nSPS) is 11.0. The van der Waals surface area contributed by atoms with E-state index in [2.05, 4.69) is 94.7 Å². The number of carbonyl (C=O) groups is 1. The topological polar surface area (TPSA) is 95.8 Å². The first-order valence-electron chi connectivity index (χ1n) is 15.7. The summed E-state index contributed by atoms with van der Waals surface area (Å²) >= 11 is 1.86. The Morgan fingerprint density at radius 1 is 0.952 bits per heavy atom. The number of hydrogen-bond acceptors (Lipinski definition) is 6. The lowest BCUT2D eigenvalue weighted by atomic mass is 9.88. The van der Waals surface area contributed by atoms with Gasteiger partial charge in [-0.15, -0.1) is 0 Å². The van der Waals surface area contributed by atoms with Crippen molar-refractivity contribution >= 4 is 29.1 Å². The second-order valence-electron chi connectivity index (χ2n) is 9.84. The molecule has 0 radical (unpaired) electrons. The van der Waals surface area contributed by atoms with Crippen molar-refractivity contribution in [3.8, 4) is 11.1 Å². The van der Waals surface area contributed by atoms with Gasteiger partial charge in [-0.25, -0.2) is 0 Å². The largest absolute Gasteiger partial charge is 0.400 e. The molecule has 1 atom stereocenters. The molecule has 6 nitrogen and oxygen atoms in total. The average Bonchev–Trinajstić information content (AvgIpc) is 3.01. The summed E-state index contributed by atoms with van der Waals surface area (Å²) < 4.78 is 2.22. The van der Waals surface area contributed by atoms with Gasteiger partial charge in [0.15, 0.2) is 0 Å². The van der Waals surface area contributed by atoms with Crippen molar-refractivity contribution in [3.05, 3.63) is 59.7 Å². The molecule has 0 aliphatic heterocycles. The molecule has 0 saturated heterocycles. The highest BCUT2D eigenvalue weighted by Gasteiger charge is 2.18. The van der Waals surface area contributed by atoms with E-state index in [1.807, 2.05) is 31.9 Å². The van der Waals surface area contributed by atoms with E-state index in [0.29, 0.717) is 11.3 Å². The van der Waals surface area contributed by atoms with Gasteiger partial charge < -0.3 is 21.5 Å². The smallest absolute Gasteiger partial charge is 0.250 e. The maximum Gasteiger partial charge on any atom is 0.250 e. The molecule has 2 aromatic carbocycles. The van der Waals surface area contributed by atoms with Gasteiger partial charge in [0.2, 0.25) is 0 Å². The van der Waals surface area contributed by atoms with Crippen molar-refractivity contribution in [2.75, 3.05) is 51.8 Å². The van der Waals surface area contributed by atoms with E-state index in [4.69, 9.17) is 16.6 Å². The number of allylic oxidation sites excluding steroid dienone is 1. The summed E-state index contributed by atoms with van der Waals surface area (Å²) in [6.07, 6.45) is 4.29. The molecule has 0 saturated carbocycles. The fourth-order valence-electron chi connectivity index (χ4n) is 4.27. The summed E-state index contributed by atoms with van der Waals surface area (Å²) in [6, 6.07) is 12.4. The van der Waals surface area contributed by atoms with Crippen LogP contribution >= 0.6 is 11.9 Å². The molecule has 1 unspecified atom stereocenters. The number of aliphatic hydroxyl groups is 1. The molecule has 0 heterocycles. The number of hydrogen-bond donors (Lipinski definition) is 3. The zero-order valence-electron chi connectivity index (χ0n) is 28.4. The molecular formula is C35H62N4O2S. The monoisotopic (exact) mass is 602 g/mol. The Bertz CT molecular complexity index is 1010. The van der Waals surface area contributed by atoms with Crippen molar-refractivity contribution < 1.29 is 9.90 Å². The molecule has 2 rings (SSSR count). The van der Waals surface area contributed by atoms with Crippen LogP contribution in [0.1, 0.15) is 96.1 Å². The number of primary amides is 1. The predicted molar refractivity (Wildman–Crippen MR) is 190 cm³/mol. The third-order valence-electron chi connectivity index (χ3n) is 6.85. The fourth-order valence-corrected chi connectivity index (χ4v) is 4.90. The lowest BCUT2D eigenvalue weighted by Crippen LogP contribution is -2.27. The Morgan fingerprint density at radius 2 is 1.52 bits per heavy atom. The van der Waals surface area contributed by atoms with Gasteiger partial charge >= 0.3 is 0 Å². The predicted octanol–water partition coefficient (Wildman–Crippen LogP) is 8.00. The Balaban J connectivity index is 0. The van der Waals surface area contributed by atoms with E-state index in [1.165, 1.54) is 24.2 Å². The van der Waals surface area contributed by atoms with Crippen LogP contribution in [0, 0.1) is 5.92 Å². The molecule has 0 aliphatic rings. The van der Waals surface area contributed by atoms with E-state index in [9.17, 15) is 4.79 Å². The Labute approximate surface area is 263 Å². The first-order chi connectivity index (χ1) is 20.1. The van der Waals surface area contributed by atoms with Crippen LogP contribution in [0.2, 0.25) is 0 Å². The van der Waals surface area contributed by atoms with Crippen molar-refractivity contribution in [1.29, 1.82) is 0 Å². The quantitative estimate of drug-likeness (QED) is 0.141. The number of anilines is 1. The number of nitrogen functional groups attached to an aromatic ring is 1. The second-order valence-corrected chi connectivity index (χ2v) is 11.3. The SMILES string of the molecule is C=C(c1cc(-c2cccc(CCN(CCC)CCC)c2)cc(C(N)=O)c1N)C(C)CC.CC.CCSN(C)CC.CO. The van der Waals surface area contributed by atoms with Gasteiger partial charge in [0.05, 0.1) is 11.3 Å². The number of aliphatic hydroxyl groups excluding tert-OH is 1. The molecule has 0 spiro atoms. The van der Waals surface area contributed by atoms with Crippen LogP contribution in [-0.4, -0.2) is 66.3 Å². The third kappa shape index (κ3) is 15.2. The van der Waals surface area contributed by atoms with E-state index in [-0.39, 0.29) is 5.92 Å². The zero-order chi connectivity index (χ0) is 32.7. The van der Waals surface area contributed by atoms with Crippen LogP contribution in [0.15, 0.2) is 43.0 Å². The molecule has 7 heteroatoms. The van der Waals surface area contributed by atoms with Gasteiger partial charge in [-0.3, -0.25) is 9.10 Å². The van der Waals surface area contributed by atoms with E-state index >= 15 is 0 Å². The number of nitrogens with zero attached hydrogens (tertiary/aromatic N) is 2. The highest BCUT2D eigenvalue weighted by atomic mass is 32.2. The standard InChI is InChI=1S/C27H39N3O.C5H13NS.C2H6.CH4O/c1-6-13-30(14-7-2)15-12-21-10-9-11-22(16-21)23-17-24(20(5)19(4)8-3)26(28)25(18-23)27(29)31;1-4-6(3)7-5-2;2*1-2/h9-11,16-19H,5-8,12-15,28H2,1-4H3,(H2,29,31);4-5H2,1-3H3;1-2H3;2H,1H3. The molecule has 1 amide bonds. The van der Waals surface area contributed by atoms with E-state index in [1.54, 1.807) is 0 Å². The van der Waals surface area contributed by atoms with Crippen molar-refractivity contribution in [2.24, 2.45) is 11.7 Å². The Kier molecular flexibility index (Phi) is 25.1. The van der Waals surface area contributed by atoms with Crippen molar-refractivity contribution in [1.82, 2.24) is 9.21 Å². The number of benzene rings is 2. The van der Waals surface area contributed by atoms with E-state index in [0.717, 1.165) is 68.4 Å². The van der Waals surface area contributed by atoms with Crippen LogP contribution in [0.3, 0.4) is 0 Å². The number of amides is 1. The second kappa shape index (κ2) is 25.2. The number of rotatable bonds is 15. The molecular weight excluding hydrogens is 540 g/mol. The van der Waals surface area contributed by atoms with Crippen molar-refractivity contribution in [2.45, 2.75) is 81.1 Å². The van der Waals surface area contributed by atoms with Crippen LogP contribution in [0.5, 0.6) is 0 Å². The average molecular weight is 603 g/mol. The minimum absolute atomic E-state index is 0.271. The maximum atomic E-state index is 12.1. The van der Waals surface area contributed by atoms with Gasteiger partial charge in [0, 0.05) is 31.5 Å². The Hall–Kier alpha value is -2.32. The van der Waals surface area contributed by atoms with Crippen LogP contribution in [0.25, 0.3) is 16.7 Å². The molecule has 42 heavy (non-hydrogen) atoms. The first kappa shape index (κ1) is 41.8. The number of carbonyl (C=O) groups excluding carboxylic acids is 1. The molecule has 5 N–H and O–H groups in total. The fraction of sp³-hybridized carbons (Fsp3) is 0.571. The van der Waals surface area contributed by atoms with Gasteiger partial charge in [-0.05, 0) is 86.1 Å². The summed E-state index contributed by atoms with van der Waals surface area (Å²) in [6.45, 7) is 25.7. The van der Waals surface area contributed by atoms with Gasteiger partial charge in [-0.1, -0.05) is 98.2 Å². The van der Waals surface area contributed by atoms with Gasteiger partial charge in [-0.2, -0.15) is 0 Å². The number of nitrogens with two attached hydrogens (primary N) is 2. The van der Waals surface area contributed by atoms with Crippen LogP contribution in [-0.2, 0) is 6.42 Å². The van der Waals surface area contributed by atoms with Gasteiger partial charge in [0.25, 0.3) is 5.91 Å². The molecule has 0 bridgehead atoms. The molecule has 240 valence electrons. The Morgan fingerprint density at radius 3 is 1.98 bits per heavy atom. The summed E-state index contributed by atoms with van der Waals surface area (Å²) in [5.41, 5.74) is 17.8. The van der Waals surface area contributed by atoms with Crippen LogP contribution < -0.4 is 11.5 Å². The maximum absolute atomic E-state index is 12.1. The highest BCUT2D eigenvalue weighted by Crippen LogP contribution is 2.35. The molecule has 0 aliphatic carbocycles. The molecule has 2 aromatic rings. The zero-order valence-corrected chi connectivity index (χ0v) is 29.2. The third-order valence-corrected chi connectivity index (χ3v) is 7.81. The lowest BCUT2D eigenvalue weighted by molar-refractivity contribution is 0.100. The summed E-state index contributed by atoms with van der Waals surface area (Å²) in [7, 11) is 3.11. The minimum atomic E-state index is -0.511. The minimum Gasteiger partial charge on any atom is -0.400 e. The first-order valence-corrected chi connectivity index (χ1v) is 16.6. The van der Waals surface area contributed by atoms with Gasteiger partial charge in [0.1, 0.15) is 0 Å². The summed E-state index contributed by atoms with van der Waals surface area (Å²) in [4.78, 5) is 14.6. The summed E-state index contributed by atoms with van der Waals surface area (Å²) in [5, 5.41) is 7.00.